The van der Waals surface area contributed by atoms with Crippen LogP contribution in [0.4, 0.5) is 5.69 Å². The van der Waals surface area contributed by atoms with E-state index >= 15 is 0 Å². The highest BCUT2D eigenvalue weighted by atomic mass is 16.5. The summed E-state index contributed by atoms with van der Waals surface area (Å²) in [6.45, 7) is 9.69. The lowest BCUT2D eigenvalue weighted by molar-refractivity contribution is 0.122. The van der Waals surface area contributed by atoms with Gasteiger partial charge < -0.3 is 15.0 Å². The summed E-state index contributed by atoms with van der Waals surface area (Å²) in [5.41, 5.74) is 2.75. The zero-order chi connectivity index (χ0) is 14.5. The topological polar surface area (TPSA) is 24.5 Å². The first-order valence-electron chi connectivity index (χ1n) is 7.69. The molecule has 0 fully saturated rings. The van der Waals surface area contributed by atoms with Crippen molar-refractivity contribution in [1.29, 1.82) is 0 Å². The Morgan fingerprint density at radius 1 is 1.30 bits per heavy atom. The van der Waals surface area contributed by atoms with Crippen LogP contribution in [0.25, 0.3) is 0 Å². The Labute approximate surface area is 123 Å². The van der Waals surface area contributed by atoms with E-state index in [2.05, 4.69) is 55.3 Å². The van der Waals surface area contributed by atoms with Crippen LogP contribution in [0.2, 0.25) is 0 Å². The number of para-hydroxylation sites is 1. The quantitative estimate of drug-likeness (QED) is 0.894. The molecule has 0 saturated heterocycles. The lowest BCUT2D eigenvalue weighted by Crippen LogP contribution is -2.42. The van der Waals surface area contributed by atoms with Crippen LogP contribution in [0.3, 0.4) is 0 Å². The Morgan fingerprint density at radius 2 is 2.05 bits per heavy atom. The molecule has 0 spiro atoms. The molecule has 1 N–H and O–H groups in total. The molecule has 2 rings (SSSR count). The minimum Gasteiger partial charge on any atom is -0.380 e. The van der Waals surface area contributed by atoms with Crippen LogP contribution in [-0.2, 0) is 11.3 Å². The van der Waals surface area contributed by atoms with Crippen molar-refractivity contribution in [3.05, 3.63) is 29.8 Å². The van der Waals surface area contributed by atoms with Crippen LogP contribution in [0.1, 0.15) is 32.8 Å². The van der Waals surface area contributed by atoms with Gasteiger partial charge in [-0.05, 0) is 30.9 Å². The summed E-state index contributed by atoms with van der Waals surface area (Å²) >= 11 is 0. The summed E-state index contributed by atoms with van der Waals surface area (Å²) in [7, 11) is 1.79. The number of hydrogen-bond acceptors (Lipinski definition) is 3. The molecule has 1 aliphatic heterocycles. The summed E-state index contributed by atoms with van der Waals surface area (Å²) < 4.78 is 5.46. The number of hydrogen-bond donors (Lipinski definition) is 1. The fourth-order valence-electron chi connectivity index (χ4n) is 2.94. The maximum Gasteiger partial charge on any atom is 0.0718 e. The highest BCUT2D eigenvalue weighted by Gasteiger charge is 2.22. The first-order chi connectivity index (χ1) is 9.60. The van der Waals surface area contributed by atoms with Crippen molar-refractivity contribution in [2.75, 3.05) is 25.1 Å². The molecule has 0 aliphatic carbocycles. The molecule has 1 aliphatic rings. The second-order valence-electron chi connectivity index (χ2n) is 6.29. The number of ether oxygens (including phenoxy) is 1. The Kier molecular flexibility index (Phi) is 5.44. The first-order valence-corrected chi connectivity index (χ1v) is 7.69. The van der Waals surface area contributed by atoms with Crippen LogP contribution in [0.5, 0.6) is 0 Å². The van der Waals surface area contributed by atoms with Gasteiger partial charge in [-0.2, -0.15) is 0 Å². The molecule has 1 aromatic carbocycles. The van der Waals surface area contributed by atoms with Gasteiger partial charge in [-0.3, -0.25) is 0 Å². The monoisotopic (exact) mass is 276 g/mol. The third-order valence-corrected chi connectivity index (χ3v) is 3.99. The number of methoxy groups -OCH3 is 1. The van der Waals surface area contributed by atoms with E-state index in [1.807, 2.05) is 0 Å². The number of benzene rings is 1. The second kappa shape index (κ2) is 7.09. The smallest absolute Gasteiger partial charge is 0.0718 e. The number of nitrogens with zero attached hydrogens (tertiary/aromatic N) is 1. The van der Waals surface area contributed by atoms with Gasteiger partial charge in [0.15, 0.2) is 0 Å². The van der Waals surface area contributed by atoms with E-state index in [0.29, 0.717) is 6.04 Å². The van der Waals surface area contributed by atoms with Crippen LogP contribution < -0.4 is 10.2 Å². The molecule has 0 aromatic heterocycles. The fraction of sp³-hybridized carbons (Fsp3) is 0.647. The molecule has 3 nitrogen and oxygen atoms in total. The van der Waals surface area contributed by atoms with E-state index in [4.69, 9.17) is 4.74 Å². The maximum absolute atomic E-state index is 5.46. The Balaban J connectivity index is 2.18. The molecule has 0 saturated carbocycles. The molecule has 0 amide bonds. The van der Waals surface area contributed by atoms with Crippen molar-refractivity contribution < 1.29 is 4.74 Å². The van der Waals surface area contributed by atoms with Crippen LogP contribution in [-0.4, -0.2) is 32.3 Å². The van der Waals surface area contributed by atoms with E-state index in [1.54, 1.807) is 7.11 Å². The molecule has 2 atom stereocenters. The van der Waals surface area contributed by atoms with E-state index in [1.165, 1.54) is 17.7 Å². The van der Waals surface area contributed by atoms with Gasteiger partial charge in [-0.1, -0.05) is 32.0 Å². The zero-order valence-electron chi connectivity index (χ0n) is 13.2. The van der Waals surface area contributed by atoms with Crippen LogP contribution in [0, 0.1) is 5.92 Å². The number of rotatable bonds is 5. The van der Waals surface area contributed by atoms with E-state index in [-0.39, 0.29) is 6.10 Å². The van der Waals surface area contributed by atoms with Gasteiger partial charge in [0.2, 0.25) is 0 Å². The molecule has 1 aromatic rings. The van der Waals surface area contributed by atoms with Gasteiger partial charge in [0.1, 0.15) is 0 Å². The summed E-state index contributed by atoms with van der Waals surface area (Å²) in [6, 6.07) is 9.26. The zero-order valence-corrected chi connectivity index (χ0v) is 13.2. The average molecular weight is 276 g/mol. The molecule has 112 valence electrons. The van der Waals surface area contributed by atoms with Crippen LogP contribution in [0.15, 0.2) is 24.3 Å². The van der Waals surface area contributed by atoms with Crippen molar-refractivity contribution in [1.82, 2.24) is 5.32 Å². The highest BCUT2D eigenvalue weighted by molar-refractivity contribution is 5.54. The summed E-state index contributed by atoms with van der Waals surface area (Å²) in [4.78, 5) is 2.48. The Bertz CT molecular complexity index is 419. The highest BCUT2D eigenvalue weighted by Crippen LogP contribution is 2.25. The lowest BCUT2D eigenvalue weighted by Gasteiger charge is -2.30. The number of anilines is 1. The molecule has 1 heterocycles. The minimum absolute atomic E-state index is 0.251. The van der Waals surface area contributed by atoms with Crippen LogP contribution >= 0.6 is 0 Å². The molecular weight excluding hydrogens is 248 g/mol. The average Bonchev–Trinajstić information content (AvgIpc) is 2.59. The minimum atomic E-state index is 0.251. The van der Waals surface area contributed by atoms with Gasteiger partial charge in [0.25, 0.3) is 0 Å². The number of fused-ring (bicyclic) bond motifs is 1. The van der Waals surface area contributed by atoms with Gasteiger partial charge in [-0.25, -0.2) is 0 Å². The van der Waals surface area contributed by atoms with Gasteiger partial charge in [0.05, 0.1) is 6.10 Å². The van der Waals surface area contributed by atoms with E-state index in [9.17, 15) is 0 Å². The third-order valence-electron chi connectivity index (χ3n) is 3.99. The van der Waals surface area contributed by atoms with Crippen molar-refractivity contribution in [2.45, 2.75) is 45.9 Å². The fourth-order valence-corrected chi connectivity index (χ4v) is 2.94. The molecule has 2 unspecified atom stereocenters. The van der Waals surface area contributed by atoms with Gasteiger partial charge in [-0.15, -0.1) is 0 Å². The van der Waals surface area contributed by atoms with Crippen molar-refractivity contribution in [2.24, 2.45) is 5.92 Å². The Hall–Kier alpha value is -1.06. The van der Waals surface area contributed by atoms with Crippen molar-refractivity contribution in [3.8, 4) is 0 Å². The summed E-state index contributed by atoms with van der Waals surface area (Å²) in [5, 5.41) is 3.71. The predicted octanol–water partition coefficient (Wildman–Crippen LogP) is 3.05. The van der Waals surface area contributed by atoms with Crippen molar-refractivity contribution in [3.63, 3.8) is 0 Å². The molecule has 0 bridgehead atoms. The van der Waals surface area contributed by atoms with Gasteiger partial charge in [0, 0.05) is 38.5 Å². The first kappa shape index (κ1) is 15.3. The third kappa shape index (κ3) is 3.97. The van der Waals surface area contributed by atoms with E-state index in [0.717, 1.165) is 25.6 Å². The summed E-state index contributed by atoms with van der Waals surface area (Å²) in [5.74, 6) is 0.718. The predicted molar refractivity (Wildman–Crippen MR) is 85.2 cm³/mol. The largest absolute Gasteiger partial charge is 0.380 e. The lowest BCUT2D eigenvalue weighted by atomic mass is 10.0. The molecule has 3 heteroatoms. The second-order valence-corrected chi connectivity index (χ2v) is 6.29. The van der Waals surface area contributed by atoms with Crippen molar-refractivity contribution >= 4 is 5.69 Å². The van der Waals surface area contributed by atoms with Gasteiger partial charge >= 0.3 is 0 Å². The summed E-state index contributed by atoms with van der Waals surface area (Å²) in [6.07, 6.45) is 1.46. The number of nitrogens with one attached hydrogen (secondary N) is 1. The standard InChI is InChI=1S/C17H28N2O/c1-13(2)9-16-12-19(11-14(3)20-4)17-8-6-5-7-15(17)10-18-16/h5-8,13-14,16,18H,9-12H2,1-4H3. The maximum atomic E-state index is 5.46. The SMILES string of the molecule is COC(C)CN1CC(CC(C)C)NCc2ccccc21. The molecular formula is C17H28N2O. The Morgan fingerprint density at radius 3 is 2.75 bits per heavy atom. The molecule has 0 radical (unpaired) electrons. The van der Waals surface area contributed by atoms with E-state index < -0.39 is 0 Å². The molecule has 20 heavy (non-hydrogen) atoms. The normalized spacial score (nSPS) is 20.6.